The minimum Gasteiger partial charge on any atom is -0.395 e. The summed E-state index contributed by atoms with van der Waals surface area (Å²) >= 11 is 0. The Kier molecular flexibility index (Phi) is 6.99. The molecule has 0 spiro atoms. The van der Waals surface area contributed by atoms with Gasteiger partial charge in [-0.1, -0.05) is 54.6 Å². The SMILES string of the molecule is OCc1ccc(C(O)C(c2ccccc2)C(O)CN2CCCC2CO)cc1. The maximum absolute atomic E-state index is 11.1. The highest BCUT2D eigenvalue weighted by Gasteiger charge is 2.33. The van der Waals surface area contributed by atoms with Crippen LogP contribution in [0.2, 0.25) is 0 Å². The van der Waals surface area contributed by atoms with Crippen LogP contribution in [0.5, 0.6) is 0 Å². The number of β-amino-alcohol motifs (C(OH)–C–C–N with tert-alkyl or cyclic N) is 1. The van der Waals surface area contributed by atoms with Crippen LogP contribution in [-0.4, -0.2) is 57.2 Å². The van der Waals surface area contributed by atoms with Crippen molar-refractivity contribution in [2.45, 2.75) is 43.6 Å². The van der Waals surface area contributed by atoms with Crippen LogP contribution in [0.4, 0.5) is 0 Å². The Hall–Kier alpha value is -1.76. The average Bonchev–Trinajstić information content (AvgIpc) is 3.16. The molecular formula is C22H29NO4. The fraction of sp³-hybridized carbons (Fsp3) is 0.455. The van der Waals surface area contributed by atoms with Gasteiger partial charge in [0, 0.05) is 18.5 Å². The molecule has 0 aromatic heterocycles. The zero-order valence-electron chi connectivity index (χ0n) is 15.5. The maximum atomic E-state index is 11.1. The van der Waals surface area contributed by atoms with Gasteiger partial charge >= 0.3 is 0 Å². The first-order valence-electron chi connectivity index (χ1n) is 9.59. The standard InChI is InChI=1S/C22H29NO4/c24-14-16-8-10-18(11-9-16)22(27)21(17-5-2-1-3-6-17)20(26)13-23-12-4-7-19(23)15-25/h1-3,5-6,8-11,19-22,24-27H,4,7,12-15H2. The Balaban J connectivity index is 1.84. The zero-order chi connectivity index (χ0) is 19.2. The highest BCUT2D eigenvalue weighted by atomic mass is 16.3. The number of benzene rings is 2. The van der Waals surface area contributed by atoms with Crippen molar-refractivity contribution in [1.29, 1.82) is 0 Å². The molecule has 27 heavy (non-hydrogen) atoms. The van der Waals surface area contributed by atoms with E-state index in [4.69, 9.17) is 0 Å². The molecule has 0 amide bonds. The van der Waals surface area contributed by atoms with E-state index in [0.29, 0.717) is 12.1 Å². The van der Waals surface area contributed by atoms with Crippen molar-refractivity contribution in [3.8, 4) is 0 Å². The van der Waals surface area contributed by atoms with E-state index in [1.54, 1.807) is 24.3 Å². The first-order valence-corrected chi connectivity index (χ1v) is 9.59. The summed E-state index contributed by atoms with van der Waals surface area (Å²) in [5.41, 5.74) is 2.37. The molecular weight excluding hydrogens is 342 g/mol. The predicted molar refractivity (Wildman–Crippen MR) is 104 cm³/mol. The molecule has 4 unspecified atom stereocenters. The summed E-state index contributed by atoms with van der Waals surface area (Å²) in [5.74, 6) is -0.480. The number of aliphatic hydroxyl groups excluding tert-OH is 4. The summed E-state index contributed by atoms with van der Waals surface area (Å²) in [6.45, 7) is 1.31. The molecule has 3 rings (SSSR count). The topological polar surface area (TPSA) is 84.2 Å². The van der Waals surface area contributed by atoms with Gasteiger partial charge in [0.2, 0.25) is 0 Å². The third kappa shape index (κ3) is 4.75. The Bertz CT molecular complexity index is 691. The van der Waals surface area contributed by atoms with Crippen molar-refractivity contribution in [3.05, 3.63) is 71.3 Å². The van der Waals surface area contributed by atoms with Crippen molar-refractivity contribution in [3.63, 3.8) is 0 Å². The molecule has 1 aliphatic rings. The number of aliphatic hydroxyl groups is 4. The highest BCUT2D eigenvalue weighted by molar-refractivity contribution is 5.30. The Morgan fingerprint density at radius 1 is 0.926 bits per heavy atom. The molecule has 4 atom stereocenters. The van der Waals surface area contributed by atoms with Crippen molar-refractivity contribution in [2.24, 2.45) is 0 Å². The molecule has 4 N–H and O–H groups in total. The van der Waals surface area contributed by atoms with Gasteiger partial charge in [0.25, 0.3) is 0 Å². The van der Waals surface area contributed by atoms with Crippen molar-refractivity contribution in [1.82, 2.24) is 4.90 Å². The number of likely N-dealkylation sites (tertiary alicyclic amines) is 1. The quantitative estimate of drug-likeness (QED) is 0.569. The second-order valence-electron chi connectivity index (χ2n) is 7.32. The van der Waals surface area contributed by atoms with Gasteiger partial charge in [-0.15, -0.1) is 0 Å². The van der Waals surface area contributed by atoms with Crippen LogP contribution in [-0.2, 0) is 6.61 Å². The molecule has 2 aromatic carbocycles. The third-order valence-electron chi connectivity index (χ3n) is 5.57. The fourth-order valence-corrected chi connectivity index (χ4v) is 4.01. The zero-order valence-corrected chi connectivity index (χ0v) is 15.5. The smallest absolute Gasteiger partial charge is 0.0883 e. The number of nitrogens with zero attached hydrogens (tertiary/aromatic N) is 1. The van der Waals surface area contributed by atoms with E-state index in [0.717, 1.165) is 30.5 Å². The molecule has 5 nitrogen and oxygen atoms in total. The van der Waals surface area contributed by atoms with Crippen LogP contribution in [0.1, 0.15) is 41.6 Å². The van der Waals surface area contributed by atoms with Gasteiger partial charge < -0.3 is 20.4 Å². The van der Waals surface area contributed by atoms with Crippen LogP contribution >= 0.6 is 0 Å². The molecule has 5 heteroatoms. The second-order valence-corrected chi connectivity index (χ2v) is 7.32. The lowest BCUT2D eigenvalue weighted by Gasteiger charge is -2.33. The van der Waals surface area contributed by atoms with E-state index in [1.807, 2.05) is 30.3 Å². The first-order chi connectivity index (χ1) is 13.1. The van der Waals surface area contributed by atoms with Gasteiger partial charge in [-0.2, -0.15) is 0 Å². The number of rotatable bonds is 8. The monoisotopic (exact) mass is 371 g/mol. The summed E-state index contributed by atoms with van der Waals surface area (Å²) in [7, 11) is 0. The van der Waals surface area contributed by atoms with E-state index in [9.17, 15) is 20.4 Å². The fourth-order valence-electron chi connectivity index (χ4n) is 4.01. The minimum absolute atomic E-state index is 0.0430. The molecule has 1 fully saturated rings. The highest BCUT2D eigenvalue weighted by Crippen LogP contribution is 2.35. The molecule has 1 saturated heterocycles. The summed E-state index contributed by atoms with van der Waals surface area (Å²) in [4.78, 5) is 2.11. The van der Waals surface area contributed by atoms with Crippen molar-refractivity contribution in [2.75, 3.05) is 19.7 Å². The molecule has 146 valence electrons. The minimum atomic E-state index is -0.870. The van der Waals surface area contributed by atoms with E-state index >= 15 is 0 Å². The van der Waals surface area contributed by atoms with Gasteiger partial charge in [-0.05, 0) is 36.1 Å². The molecule has 0 aliphatic carbocycles. The summed E-state index contributed by atoms with van der Waals surface area (Å²) < 4.78 is 0. The van der Waals surface area contributed by atoms with Gasteiger partial charge in [-0.25, -0.2) is 0 Å². The van der Waals surface area contributed by atoms with E-state index in [1.165, 1.54) is 0 Å². The molecule has 0 bridgehead atoms. The van der Waals surface area contributed by atoms with Crippen LogP contribution in [0.3, 0.4) is 0 Å². The Morgan fingerprint density at radius 3 is 2.26 bits per heavy atom. The lowest BCUT2D eigenvalue weighted by Crippen LogP contribution is -2.41. The van der Waals surface area contributed by atoms with Crippen molar-refractivity contribution < 1.29 is 20.4 Å². The molecule has 1 heterocycles. The number of hydrogen-bond acceptors (Lipinski definition) is 5. The van der Waals surface area contributed by atoms with E-state index < -0.39 is 18.1 Å². The largest absolute Gasteiger partial charge is 0.395 e. The van der Waals surface area contributed by atoms with Crippen LogP contribution in [0.25, 0.3) is 0 Å². The molecule has 2 aromatic rings. The lowest BCUT2D eigenvalue weighted by atomic mass is 9.84. The predicted octanol–water partition coefficient (Wildman–Crippen LogP) is 1.81. The van der Waals surface area contributed by atoms with Gasteiger partial charge in [-0.3, -0.25) is 4.90 Å². The van der Waals surface area contributed by atoms with Crippen LogP contribution < -0.4 is 0 Å². The van der Waals surface area contributed by atoms with E-state index in [2.05, 4.69) is 4.90 Å². The van der Waals surface area contributed by atoms with Gasteiger partial charge in [0.05, 0.1) is 25.4 Å². The Labute approximate surface area is 160 Å². The summed E-state index contributed by atoms with van der Waals surface area (Å²) in [6, 6.07) is 16.8. The molecule has 0 saturated carbocycles. The third-order valence-corrected chi connectivity index (χ3v) is 5.57. The second kappa shape index (κ2) is 9.44. The van der Waals surface area contributed by atoms with E-state index in [-0.39, 0.29) is 19.3 Å². The first kappa shape index (κ1) is 20.0. The average molecular weight is 371 g/mol. The summed E-state index contributed by atoms with van der Waals surface area (Å²) in [6.07, 6.45) is 0.307. The maximum Gasteiger partial charge on any atom is 0.0883 e. The lowest BCUT2D eigenvalue weighted by molar-refractivity contribution is 0.0211. The van der Waals surface area contributed by atoms with Crippen molar-refractivity contribution >= 4 is 0 Å². The Morgan fingerprint density at radius 2 is 1.63 bits per heavy atom. The van der Waals surface area contributed by atoms with Gasteiger partial charge in [0.1, 0.15) is 0 Å². The normalized spacial score (nSPS) is 21.1. The summed E-state index contributed by atoms with van der Waals surface area (Å²) in [5, 5.41) is 40.9. The van der Waals surface area contributed by atoms with Crippen LogP contribution in [0, 0.1) is 0 Å². The molecule has 0 radical (unpaired) electrons. The van der Waals surface area contributed by atoms with Gasteiger partial charge in [0.15, 0.2) is 0 Å². The number of hydrogen-bond donors (Lipinski definition) is 4. The molecule has 1 aliphatic heterocycles. The van der Waals surface area contributed by atoms with Crippen LogP contribution in [0.15, 0.2) is 54.6 Å².